The molecule has 0 saturated carbocycles. The van der Waals surface area contributed by atoms with Crippen molar-refractivity contribution in [3.8, 4) is 0 Å². The number of hydrogen-bond acceptors (Lipinski definition) is 4. The predicted octanol–water partition coefficient (Wildman–Crippen LogP) is 2.17. The van der Waals surface area contributed by atoms with E-state index in [0.717, 1.165) is 12.8 Å². The molecule has 124 valence electrons. The van der Waals surface area contributed by atoms with E-state index >= 15 is 0 Å². The third-order valence-corrected chi connectivity index (χ3v) is 3.19. The smallest absolute Gasteiger partial charge is 0.411 e. The Balaban J connectivity index is 2.02. The van der Waals surface area contributed by atoms with Crippen LogP contribution in [-0.2, 0) is 9.47 Å². The van der Waals surface area contributed by atoms with Gasteiger partial charge in [0.25, 0.3) is 0 Å². The summed E-state index contributed by atoms with van der Waals surface area (Å²) in [5.41, 5.74) is 0. The van der Waals surface area contributed by atoms with E-state index in [-0.39, 0.29) is 12.7 Å². The van der Waals surface area contributed by atoms with Crippen LogP contribution in [0.3, 0.4) is 0 Å². The Morgan fingerprint density at radius 1 is 1.33 bits per heavy atom. The lowest BCUT2D eigenvalue weighted by Gasteiger charge is -2.31. The van der Waals surface area contributed by atoms with Gasteiger partial charge < -0.3 is 19.7 Å². The molecule has 0 unspecified atom stereocenters. The lowest BCUT2D eigenvalue weighted by atomic mass is 10.1. The van der Waals surface area contributed by atoms with Crippen LogP contribution in [0.15, 0.2) is 0 Å². The topological polar surface area (TPSA) is 50.8 Å². The second-order valence-electron chi connectivity index (χ2n) is 4.94. The normalized spacial score (nSPS) is 17.0. The number of alkyl halides is 3. The summed E-state index contributed by atoms with van der Waals surface area (Å²) < 4.78 is 44.9. The van der Waals surface area contributed by atoms with E-state index in [1.807, 2.05) is 0 Å². The number of nitrogens with one attached hydrogen (secondary N) is 1. The molecule has 1 amide bonds. The minimum Gasteiger partial charge on any atom is -0.450 e. The van der Waals surface area contributed by atoms with Crippen LogP contribution in [0.2, 0.25) is 0 Å². The number of carbonyl (C=O) groups excluding carboxylic acids is 1. The van der Waals surface area contributed by atoms with E-state index in [1.165, 1.54) is 0 Å². The number of rotatable bonds is 7. The number of nitrogens with zero attached hydrogens (tertiary/aromatic N) is 1. The molecule has 1 heterocycles. The summed E-state index contributed by atoms with van der Waals surface area (Å²) in [6, 6.07) is 0.290. The zero-order valence-electron chi connectivity index (χ0n) is 12.2. The highest BCUT2D eigenvalue weighted by Crippen LogP contribution is 2.14. The fraction of sp³-hybridized carbons (Fsp3) is 0.923. The van der Waals surface area contributed by atoms with E-state index in [9.17, 15) is 18.0 Å². The first-order valence-electron chi connectivity index (χ1n) is 7.22. The lowest BCUT2D eigenvalue weighted by Crippen LogP contribution is -2.45. The molecule has 0 aromatic rings. The van der Waals surface area contributed by atoms with Crippen LogP contribution < -0.4 is 5.32 Å². The fourth-order valence-corrected chi connectivity index (χ4v) is 2.15. The van der Waals surface area contributed by atoms with E-state index in [0.29, 0.717) is 38.7 Å². The number of piperidine rings is 1. The summed E-state index contributed by atoms with van der Waals surface area (Å²) in [6.07, 6.45) is -2.36. The van der Waals surface area contributed by atoms with Gasteiger partial charge in [0.15, 0.2) is 0 Å². The maximum atomic E-state index is 11.8. The molecule has 5 nitrogen and oxygen atoms in total. The van der Waals surface area contributed by atoms with Gasteiger partial charge >= 0.3 is 12.3 Å². The van der Waals surface area contributed by atoms with Crippen molar-refractivity contribution >= 4 is 6.09 Å². The van der Waals surface area contributed by atoms with Crippen molar-refractivity contribution in [2.45, 2.75) is 38.4 Å². The standard InChI is InChI=1S/C13H23F3N2O3/c1-2-21-12(19)18-7-4-11(5-8-18)17-6-3-9-20-10-13(14,15)16/h11,17H,2-10H2,1H3. The first-order valence-corrected chi connectivity index (χ1v) is 7.22. The molecule has 1 saturated heterocycles. The van der Waals surface area contributed by atoms with Crippen molar-refractivity contribution in [1.82, 2.24) is 10.2 Å². The molecular formula is C13H23F3N2O3. The molecule has 1 aliphatic rings. The summed E-state index contributed by atoms with van der Waals surface area (Å²) in [4.78, 5) is 13.2. The van der Waals surface area contributed by atoms with E-state index in [2.05, 4.69) is 10.1 Å². The fourth-order valence-electron chi connectivity index (χ4n) is 2.15. The molecule has 0 bridgehead atoms. The van der Waals surface area contributed by atoms with Crippen molar-refractivity contribution < 1.29 is 27.4 Å². The highest BCUT2D eigenvalue weighted by atomic mass is 19.4. The zero-order valence-corrected chi connectivity index (χ0v) is 12.2. The third-order valence-electron chi connectivity index (χ3n) is 3.19. The van der Waals surface area contributed by atoms with E-state index in [4.69, 9.17) is 4.74 Å². The average Bonchev–Trinajstić information content (AvgIpc) is 2.42. The molecule has 1 rings (SSSR count). The largest absolute Gasteiger partial charge is 0.450 e. The SMILES string of the molecule is CCOC(=O)N1CCC(NCCCOCC(F)(F)F)CC1. The van der Waals surface area contributed by atoms with Crippen molar-refractivity contribution in [3.05, 3.63) is 0 Å². The highest BCUT2D eigenvalue weighted by molar-refractivity contribution is 5.67. The molecule has 0 radical (unpaired) electrons. The molecular weight excluding hydrogens is 289 g/mol. The number of hydrogen-bond donors (Lipinski definition) is 1. The van der Waals surface area contributed by atoms with Crippen LogP contribution in [0, 0.1) is 0 Å². The van der Waals surface area contributed by atoms with Crippen molar-refractivity contribution in [3.63, 3.8) is 0 Å². The van der Waals surface area contributed by atoms with Crippen LogP contribution in [0.4, 0.5) is 18.0 Å². The summed E-state index contributed by atoms with van der Waals surface area (Å²) in [5, 5.41) is 3.27. The highest BCUT2D eigenvalue weighted by Gasteiger charge is 2.27. The zero-order chi connectivity index (χ0) is 15.7. The first-order chi connectivity index (χ1) is 9.92. The number of halogens is 3. The Kier molecular flexibility index (Phi) is 7.81. The van der Waals surface area contributed by atoms with E-state index < -0.39 is 12.8 Å². The summed E-state index contributed by atoms with van der Waals surface area (Å²) in [5.74, 6) is 0. The van der Waals surface area contributed by atoms with Crippen molar-refractivity contribution in [1.29, 1.82) is 0 Å². The second-order valence-corrected chi connectivity index (χ2v) is 4.94. The van der Waals surface area contributed by atoms with Crippen LogP contribution in [-0.4, -0.2) is 62.7 Å². The number of likely N-dealkylation sites (tertiary alicyclic amines) is 1. The van der Waals surface area contributed by atoms with Gasteiger partial charge in [0.1, 0.15) is 6.61 Å². The van der Waals surface area contributed by atoms with Crippen LogP contribution in [0.1, 0.15) is 26.2 Å². The van der Waals surface area contributed by atoms with Crippen LogP contribution in [0.25, 0.3) is 0 Å². The van der Waals surface area contributed by atoms with Gasteiger partial charge in [-0.15, -0.1) is 0 Å². The number of ether oxygens (including phenoxy) is 2. The molecule has 1 N–H and O–H groups in total. The number of amides is 1. The molecule has 0 aromatic carbocycles. The predicted molar refractivity (Wildman–Crippen MR) is 71.1 cm³/mol. The molecule has 21 heavy (non-hydrogen) atoms. The van der Waals surface area contributed by atoms with Gasteiger partial charge in [-0.05, 0) is 32.7 Å². The average molecular weight is 312 g/mol. The molecule has 0 spiro atoms. The van der Waals surface area contributed by atoms with Gasteiger partial charge in [-0.25, -0.2) is 4.79 Å². The molecule has 0 atom stereocenters. The van der Waals surface area contributed by atoms with Gasteiger partial charge in [0.2, 0.25) is 0 Å². The molecule has 1 fully saturated rings. The second kappa shape index (κ2) is 9.09. The Bertz CT molecular complexity index is 306. The minimum absolute atomic E-state index is 0.0914. The Labute approximate surface area is 122 Å². The first kappa shape index (κ1) is 18.0. The van der Waals surface area contributed by atoms with E-state index in [1.54, 1.807) is 11.8 Å². The maximum absolute atomic E-state index is 11.8. The molecule has 0 aromatic heterocycles. The van der Waals surface area contributed by atoms with Crippen LogP contribution in [0.5, 0.6) is 0 Å². The Morgan fingerprint density at radius 2 is 2.00 bits per heavy atom. The summed E-state index contributed by atoms with van der Waals surface area (Å²) >= 11 is 0. The van der Waals surface area contributed by atoms with Gasteiger partial charge in [-0.1, -0.05) is 0 Å². The van der Waals surface area contributed by atoms with Crippen LogP contribution >= 0.6 is 0 Å². The summed E-state index contributed by atoms with van der Waals surface area (Å²) in [6.45, 7) is 2.94. The summed E-state index contributed by atoms with van der Waals surface area (Å²) in [7, 11) is 0. The van der Waals surface area contributed by atoms with Gasteiger partial charge in [-0.3, -0.25) is 0 Å². The monoisotopic (exact) mass is 312 g/mol. The molecule has 1 aliphatic heterocycles. The van der Waals surface area contributed by atoms with Gasteiger partial charge in [0, 0.05) is 25.7 Å². The minimum atomic E-state index is -4.26. The quantitative estimate of drug-likeness (QED) is 0.732. The molecule has 8 heteroatoms. The Hall–Kier alpha value is -1.02. The lowest BCUT2D eigenvalue weighted by molar-refractivity contribution is -0.174. The Morgan fingerprint density at radius 3 is 2.57 bits per heavy atom. The maximum Gasteiger partial charge on any atom is 0.411 e. The number of carbonyl (C=O) groups is 1. The van der Waals surface area contributed by atoms with Crippen molar-refractivity contribution in [2.75, 3.05) is 39.5 Å². The van der Waals surface area contributed by atoms with Crippen molar-refractivity contribution in [2.24, 2.45) is 0 Å². The van der Waals surface area contributed by atoms with Gasteiger partial charge in [-0.2, -0.15) is 13.2 Å². The van der Waals surface area contributed by atoms with Gasteiger partial charge in [0.05, 0.1) is 6.61 Å². The molecule has 0 aliphatic carbocycles. The third kappa shape index (κ3) is 8.11.